The first kappa shape index (κ1) is 35.7. The Labute approximate surface area is 196 Å². The Kier molecular flexibility index (Phi) is 25.4. The summed E-state index contributed by atoms with van der Waals surface area (Å²) in [6.07, 6.45) is -0.771. The molecule has 0 aliphatic carbocycles. The average molecular weight is 480 g/mol. The van der Waals surface area contributed by atoms with E-state index in [-0.39, 0.29) is 17.1 Å². The van der Waals surface area contributed by atoms with Crippen LogP contribution in [0.1, 0.15) is 12.5 Å². The molecule has 0 amide bonds. The van der Waals surface area contributed by atoms with E-state index >= 15 is 0 Å². The van der Waals surface area contributed by atoms with Crippen molar-refractivity contribution < 1.29 is 45.3 Å². The molecule has 1 atom stereocenters. The Hall–Kier alpha value is -2.69. The van der Waals surface area contributed by atoms with Gasteiger partial charge in [0.2, 0.25) is 6.10 Å². The van der Waals surface area contributed by atoms with Gasteiger partial charge in [0.05, 0.1) is 7.11 Å². The fraction of sp³-hybridized carbons (Fsp3) is 0.304. The van der Waals surface area contributed by atoms with Crippen LogP contribution in [-0.2, 0) is 40.6 Å². The second-order valence-corrected chi connectivity index (χ2v) is 12.1. The molecule has 0 heterocycles. The van der Waals surface area contributed by atoms with Crippen LogP contribution < -0.4 is 4.74 Å². The molecule has 1 unspecified atom stereocenters. The first-order valence-electron chi connectivity index (χ1n) is 8.33. The summed E-state index contributed by atoms with van der Waals surface area (Å²) in [6, 6.07) is 8.28. The Morgan fingerprint density at radius 1 is 1.13 bits per heavy atom. The molecule has 6 nitrogen and oxygen atoms in total. The molecule has 0 aromatic heterocycles. The predicted molar refractivity (Wildman–Crippen MR) is 112 cm³/mol. The topological polar surface area (TPSA) is 95.2 Å². The van der Waals surface area contributed by atoms with Gasteiger partial charge in [-0.1, -0.05) is 44.1 Å². The van der Waals surface area contributed by atoms with Gasteiger partial charge in [0.25, 0.3) is 0 Å². The van der Waals surface area contributed by atoms with Crippen molar-refractivity contribution in [1.82, 2.24) is 0 Å². The number of hydrogen-bond donors (Lipinski definition) is 0. The number of ether oxygens (including phenoxy) is 2. The minimum atomic E-state index is -1.27. The molecule has 164 valence electrons. The second-order valence-electron chi connectivity index (χ2n) is 6.60. The fourth-order valence-electron chi connectivity index (χ4n) is 1.96. The Balaban J connectivity index is -0.000000477. The zero-order valence-corrected chi connectivity index (χ0v) is 20.2. The summed E-state index contributed by atoms with van der Waals surface area (Å²) in [7, 11) is 0.335. The molecule has 1 rings (SSSR count). The van der Waals surface area contributed by atoms with Gasteiger partial charge in [-0.05, 0) is 41.7 Å². The smallest absolute Gasteiger partial charge is 0 e. The largest absolute Gasteiger partial charge is 0 e. The van der Waals surface area contributed by atoms with Crippen LogP contribution in [0, 0.1) is 43.6 Å². The number of hydrogen-bond acceptors (Lipinski definition) is 3. The van der Waals surface area contributed by atoms with E-state index in [0.717, 1.165) is 22.9 Å². The zero-order chi connectivity index (χ0) is 24.2. The first-order chi connectivity index (χ1) is 14.2. The zero-order valence-electron chi connectivity index (χ0n) is 18.1. The summed E-state index contributed by atoms with van der Waals surface area (Å²) in [6.45, 7) is 25.6. The van der Waals surface area contributed by atoms with Crippen molar-refractivity contribution >= 4 is 14.0 Å². The molecular weight excluding hydrogens is 456 g/mol. The van der Waals surface area contributed by atoms with Crippen LogP contribution in [0.25, 0.3) is 0 Å². The molecule has 0 radical (unpaired) electrons. The summed E-state index contributed by atoms with van der Waals surface area (Å²) >= 11 is 0. The van der Waals surface area contributed by atoms with Gasteiger partial charge in [-0.25, -0.2) is 0 Å². The van der Waals surface area contributed by atoms with Crippen LogP contribution in [0.4, 0.5) is 0 Å². The van der Waals surface area contributed by atoms with Crippen LogP contribution >= 0.6 is 0 Å². The molecule has 1 aromatic carbocycles. The van der Waals surface area contributed by atoms with Crippen molar-refractivity contribution in [2.45, 2.75) is 38.7 Å². The molecule has 0 bridgehead atoms. The third-order valence-electron chi connectivity index (χ3n) is 2.82. The molecular formula is C23H24FeO6Si. The van der Waals surface area contributed by atoms with Crippen LogP contribution in [0.15, 0.2) is 36.4 Å². The van der Waals surface area contributed by atoms with Crippen molar-refractivity contribution in [2.75, 3.05) is 7.11 Å². The second kappa shape index (κ2) is 22.0. The molecule has 0 N–H and O–H groups in total. The standard InChI is InChI=1S/C20H24O3Si.3CO.Fe/c1-16(15-24(4,5)6)10-12-19(23-17(2)21)13-11-18-8-7-9-20(14-18)22-3;3*1-2;/h7-9,14,19H,1,15H2,2-6H3;;;;. The molecule has 0 aliphatic rings. The number of carbonyl (C=O) groups is 1. The van der Waals surface area contributed by atoms with E-state index in [9.17, 15) is 4.79 Å². The molecule has 8 heteroatoms. The van der Waals surface area contributed by atoms with E-state index in [1.807, 2.05) is 24.3 Å². The van der Waals surface area contributed by atoms with Gasteiger partial charge in [0.1, 0.15) is 5.75 Å². The van der Waals surface area contributed by atoms with Gasteiger partial charge < -0.3 is 9.47 Å². The Morgan fingerprint density at radius 3 is 2.13 bits per heavy atom. The van der Waals surface area contributed by atoms with Crippen molar-refractivity contribution in [3.63, 3.8) is 0 Å². The van der Waals surface area contributed by atoms with Crippen molar-refractivity contribution in [1.29, 1.82) is 0 Å². The number of methoxy groups -OCH3 is 1. The monoisotopic (exact) mass is 480 g/mol. The Morgan fingerprint density at radius 2 is 1.68 bits per heavy atom. The van der Waals surface area contributed by atoms with Crippen LogP contribution in [0.3, 0.4) is 0 Å². The summed E-state index contributed by atoms with van der Waals surface area (Å²) in [4.78, 5) is 11.2. The van der Waals surface area contributed by atoms with E-state index in [2.05, 4.69) is 69.9 Å². The quantitative estimate of drug-likeness (QED) is 0.216. The molecule has 0 saturated carbocycles. The van der Waals surface area contributed by atoms with Crippen molar-refractivity contribution in [3.8, 4) is 29.4 Å². The minimum absolute atomic E-state index is 0. The third kappa shape index (κ3) is 21.8. The van der Waals surface area contributed by atoms with Crippen LogP contribution in [0.5, 0.6) is 5.75 Å². The van der Waals surface area contributed by atoms with Crippen molar-refractivity contribution in [3.05, 3.63) is 61.9 Å². The number of rotatable bonds is 4. The van der Waals surface area contributed by atoms with E-state index in [4.69, 9.17) is 23.4 Å². The maximum atomic E-state index is 11.2. The summed E-state index contributed by atoms with van der Waals surface area (Å²) < 4.78 is 32.8. The normalized spacial score (nSPS) is 8.87. The SMILES string of the molecule is C=C(C#CC(C#Cc1cccc(OC)c1)OC(C)=O)C[Si](C)(C)C.[C-]#[O+].[C-]#[O+].[C-]#[O+].[Fe]. The van der Waals surface area contributed by atoms with Gasteiger partial charge in [-0.3, -0.25) is 4.79 Å². The van der Waals surface area contributed by atoms with Gasteiger partial charge in [-0.2, -0.15) is 0 Å². The first-order valence-corrected chi connectivity index (χ1v) is 12.0. The van der Waals surface area contributed by atoms with Gasteiger partial charge in [0.15, 0.2) is 0 Å². The molecule has 0 spiro atoms. The maximum Gasteiger partial charge on any atom is 0 e. The molecule has 0 aliphatic heterocycles. The number of allylic oxidation sites excluding steroid dienone is 1. The van der Waals surface area contributed by atoms with E-state index < -0.39 is 20.1 Å². The molecule has 31 heavy (non-hydrogen) atoms. The maximum absolute atomic E-state index is 11.2. The van der Waals surface area contributed by atoms with Crippen LogP contribution in [0.2, 0.25) is 25.7 Å². The summed E-state index contributed by atoms with van der Waals surface area (Å²) in [5, 5.41) is 0. The van der Waals surface area contributed by atoms with E-state index in [1.54, 1.807) is 7.11 Å². The number of benzene rings is 1. The predicted octanol–water partition coefficient (Wildman–Crippen LogP) is 3.76. The number of carbonyl (C=O) groups excluding carboxylic acids is 1. The molecule has 1 aromatic rings. The van der Waals surface area contributed by atoms with Gasteiger partial charge in [-0.15, -0.1) is 0 Å². The van der Waals surface area contributed by atoms with E-state index in [0.29, 0.717) is 0 Å². The summed E-state index contributed by atoms with van der Waals surface area (Å²) in [5.74, 6) is 12.0. The van der Waals surface area contributed by atoms with Gasteiger partial charge in [0, 0.05) is 37.6 Å². The molecule has 0 saturated heterocycles. The Bertz CT molecular complexity index is 843. The third-order valence-corrected chi connectivity index (χ3v) is 4.31. The minimum Gasteiger partial charge on any atom is 0 e. The van der Waals surface area contributed by atoms with Gasteiger partial charge >= 0.3 is 39.9 Å². The number of esters is 1. The fourth-order valence-corrected chi connectivity index (χ4v) is 3.33. The average Bonchev–Trinajstić information content (AvgIpc) is 2.73. The van der Waals surface area contributed by atoms with Crippen molar-refractivity contribution in [2.24, 2.45) is 0 Å². The van der Waals surface area contributed by atoms with E-state index in [1.165, 1.54) is 6.92 Å². The summed E-state index contributed by atoms with van der Waals surface area (Å²) in [5.41, 5.74) is 1.63. The molecule has 0 fully saturated rings. The van der Waals surface area contributed by atoms with Crippen LogP contribution in [-0.4, -0.2) is 27.3 Å².